The molecule has 176 valence electrons. The van der Waals surface area contributed by atoms with Crippen LogP contribution in [0.15, 0.2) is 52.6 Å². The van der Waals surface area contributed by atoms with Crippen molar-refractivity contribution in [3.8, 4) is 0 Å². The highest BCUT2D eigenvalue weighted by molar-refractivity contribution is 14.0. The second-order valence-electron chi connectivity index (χ2n) is 6.96. The fourth-order valence-electron chi connectivity index (χ4n) is 3.27. The number of sulfonamides is 1. The van der Waals surface area contributed by atoms with Gasteiger partial charge < -0.3 is 19.9 Å². The number of aliphatic imine (C=N–C) groups is 1. The number of piperazine rings is 1. The van der Waals surface area contributed by atoms with Crippen LogP contribution in [0.4, 0.5) is 5.95 Å². The second kappa shape index (κ2) is 12.9. The molecule has 0 spiro atoms. The number of aromatic nitrogens is 2. The molecule has 1 aromatic heterocycles. The van der Waals surface area contributed by atoms with Crippen molar-refractivity contribution >= 4 is 45.9 Å². The second-order valence-corrected chi connectivity index (χ2v) is 8.73. The Hall–Kier alpha value is -2.03. The molecule has 1 fully saturated rings. The highest BCUT2D eigenvalue weighted by atomic mass is 127. The van der Waals surface area contributed by atoms with Crippen molar-refractivity contribution in [1.82, 2.24) is 24.9 Å². The molecule has 3 rings (SSSR count). The molecule has 0 atom stereocenters. The predicted molar refractivity (Wildman–Crippen MR) is 135 cm³/mol. The summed E-state index contributed by atoms with van der Waals surface area (Å²) in [5.74, 6) is 1.52. The van der Waals surface area contributed by atoms with Crippen LogP contribution in [0.1, 0.15) is 5.56 Å². The lowest BCUT2D eigenvalue weighted by Crippen LogP contribution is -2.52. The Morgan fingerprint density at radius 1 is 1.16 bits per heavy atom. The van der Waals surface area contributed by atoms with Gasteiger partial charge in [0.15, 0.2) is 5.96 Å². The fraction of sp³-hybridized carbons (Fsp3) is 0.450. The molecular weight excluding hydrogens is 545 g/mol. The van der Waals surface area contributed by atoms with Crippen molar-refractivity contribution in [3.05, 3.63) is 48.3 Å². The van der Waals surface area contributed by atoms with Crippen LogP contribution in [0.3, 0.4) is 0 Å². The van der Waals surface area contributed by atoms with Crippen LogP contribution in [0, 0.1) is 0 Å². The van der Waals surface area contributed by atoms with Gasteiger partial charge in [0.1, 0.15) is 0 Å². The molecule has 0 unspecified atom stereocenters. The Balaban J connectivity index is 0.00000363. The summed E-state index contributed by atoms with van der Waals surface area (Å²) in [5, 5.41) is 3.33. The average molecular weight is 575 g/mol. The molecule has 0 bridgehead atoms. The number of methoxy groups -OCH3 is 1. The lowest BCUT2D eigenvalue weighted by Gasteiger charge is -2.36. The molecule has 0 saturated carbocycles. The first-order valence-electron chi connectivity index (χ1n) is 10.1. The van der Waals surface area contributed by atoms with Gasteiger partial charge in [0.05, 0.1) is 11.5 Å². The van der Waals surface area contributed by atoms with Gasteiger partial charge in [-0.25, -0.2) is 23.1 Å². The first-order valence-corrected chi connectivity index (χ1v) is 11.6. The van der Waals surface area contributed by atoms with Crippen LogP contribution in [-0.4, -0.2) is 82.7 Å². The summed E-state index contributed by atoms with van der Waals surface area (Å²) in [6.45, 7) is 4.19. The summed E-state index contributed by atoms with van der Waals surface area (Å²) in [7, 11) is -0.292. The maximum absolute atomic E-state index is 12.4. The first-order chi connectivity index (χ1) is 15.0. The number of hydrogen-bond donors (Lipinski definition) is 2. The quantitative estimate of drug-likeness (QED) is 0.207. The van der Waals surface area contributed by atoms with Gasteiger partial charge in [-0.15, -0.1) is 24.0 Å². The number of benzene rings is 1. The van der Waals surface area contributed by atoms with E-state index in [1.165, 1.54) is 7.11 Å². The van der Waals surface area contributed by atoms with Gasteiger partial charge in [-0.3, -0.25) is 4.99 Å². The predicted octanol–water partition coefficient (Wildman–Crippen LogP) is 0.917. The minimum Gasteiger partial charge on any atom is -0.383 e. The van der Waals surface area contributed by atoms with Gasteiger partial charge >= 0.3 is 0 Å². The number of ether oxygens (including phenoxy) is 1. The van der Waals surface area contributed by atoms with Crippen LogP contribution in [0.5, 0.6) is 0 Å². The van der Waals surface area contributed by atoms with Gasteiger partial charge in [-0.2, -0.15) is 0 Å². The number of anilines is 1. The zero-order valence-corrected chi connectivity index (χ0v) is 21.4. The smallest absolute Gasteiger partial charge is 0.240 e. The van der Waals surface area contributed by atoms with E-state index in [1.807, 2.05) is 6.07 Å². The molecule has 12 heteroatoms. The van der Waals surface area contributed by atoms with E-state index in [1.54, 1.807) is 43.7 Å². The van der Waals surface area contributed by atoms with E-state index in [2.05, 4.69) is 34.8 Å². The number of hydrogen-bond acceptors (Lipinski definition) is 7. The van der Waals surface area contributed by atoms with Gasteiger partial charge in [-0.05, 0) is 23.8 Å². The number of nitrogens with zero attached hydrogens (tertiary/aromatic N) is 5. The highest BCUT2D eigenvalue weighted by Gasteiger charge is 2.21. The summed E-state index contributed by atoms with van der Waals surface area (Å²) in [6.07, 6.45) is 3.49. The molecule has 0 aliphatic carbocycles. The third-order valence-corrected chi connectivity index (χ3v) is 6.34. The first kappa shape index (κ1) is 26.2. The molecule has 32 heavy (non-hydrogen) atoms. The largest absolute Gasteiger partial charge is 0.383 e. The standard InChI is InChI=1S/C20H29N7O3S.HI/c1-21-19(26-10-12-27(13-11-26)20-22-7-4-8-23-20)24-16-17-5-3-6-18(15-17)31(28,29)25-9-14-30-2;/h3-8,15,25H,9-14,16H2,1-2H3,(H,21,24);1H. The van der Waals surface area contributed by atoms with Crippen LogP contribution < -0.4 is 14.9 Å². The van der Waals surface area contributed by atoms with Gasteiger partial charge in [0.25, 0.3) is 0 Å². The van der Waals surface area contributed by atoms with Crippen molar-refractivity contribution in [1.29, 1.82) is 0 Å². The van der Waals surface area contributed by atoms with Crippen molar-refractivity contribution in [2.75, 3.05) is 58.4 Å². The molecular formula is C20H30IN7O3S. The Morgan fingerprint density at radius 3 is 2.53 bits per heavy atom. The maximum atomic E-state index is 12.4. The monoisotopic (exact) mass is 575 g/mol. The summed E-state index contributed by atoms with van der Waals surface area (Å²) < 4.78 is 32.3. The van der Waals surface area contributed by atoms with E-state index in [4.69, 9.17) is 4.74 Å². The molecule has 2 heterocycles. The van der Waals surface area contributed by atoms with E-state index < -0.39 is 10.0 Å². The molecule has 1 aromatic carbocycles. The maximum Gasteiger partial charge on any atom is 0.240 e. The lowest BCUT2D eigenvalue weighted by molar-refractivity contribution is 0.204. The van der Waals surface area contributed by atoms with E-state index in [9.17, 15) is 8.42 Å². The van der Waals surface area contributed by atoms with E-state index in [0.717, 1.165) is 43.7 Å². The molecule has 10 nitrogen and oxygen atoms in total. The third kappa shape index (κ3) is 7.25. The molecule has 2 aromatic rings. The average Bonchev–Trinajstić information content (AvgIpc) is 2.81. The molecule has 1 aliphatic rings. The number of rotatable bonds is 8. The minimum absolute atomic E-state index is 0. The van der Waals surface area contributed by atoms with Crippen molar-refractivity contribution in [2.24, 2.45) is 4.99 Å². The molecule has 1 saturated heterocycles. The van der Waals surface area contributed by atoms with Crippen LogP contribution >= 0.6 is 24.0 Å². The SMILES string of the molecule is CN=C(NCc1cccc(S(=O)(=O)NCCOC)c1)N1CCN(c2ncccn2)CC1.I. The van der Waals surface area contributed by atoms with Crippen molar-refractivity contribution in [2.45, 2.75) is 11.4 Å². The van der Waals surface area contributed by atoms with Crippen molar-refractivity contribution in [3.63, 3.8) is 0 Å². The van der Waals surface area contributed by atoms with E-state index in [0.29, 0.717) is 13.2 Å². The minimum atomic E-state index is -3.57. The molecule has 2 N–H and O–H groups in total. The zero-order valence-electron chi connectivity index (χ0n) is 18.3. The molecule has 1 aliphatic heterocycles. The Kier molecular flexibility index (Phi) is 10.5. The normalized spacial score (nSPS) is 14.8. The Labute approximate surface area is 206 Å². The summed E-state index contributed by atoms with van der Waals surface area (Å²) in [6, 6.07) is 8.68. The van der Waals surface area contributed by atoms with Gasteiger partial charge in [0, 0.05) is 65.8 Å². The number of nitrogens with one attached hydrogen (secondary N) is 2. The van der Waals surface area contributed by atoms with Crippen molar-refractivity contribution < 1.29 is 13.2 Å². The Bertz CT molecular complexity index is 968. The van der Waals surface area contributed by atoms with Crippen LogP contribution in [-0.2, 0) is 21.3 Å². The fourth-order valence-corrected chi connectivity index (χ4v) is 4.35. The number of halogens is 1. The van der Waals surface area contributed by atoms with Gasteiger partial charge in [0.2, 0.25) is 16.0 Å². The lowest BCUT2D eigenvalue weighted by atomic mass is 10.2. The van der Waals surface area contributed by atoms with Gasteiger partial charge in [-0.1, -0.05) is 12.1 Å². The topological polar surface area (TPSA) is 112 Å². The summed E-state index contributed by atoms with van der Waals surface area (Å²) >= 11 is 0. The number of guanidine groups is 1. The molecule has 0 amide bonds. The molecule has 0 radical (unpaired) electrons. The van der Waals surface area contributed by atoms with Crippen LogP contribution in [0.2, 0.25) is 0 Å². The Morgan fingerprint density at radius 2 is 1.88 bits per heavy atom. The summed E-state index contributed by atoms with van der Waals surface area (Å²) in [4.78, 5) is 17.6. The zero-order chi connectivity index (χ0) is 22.1. The highest BCUT2D eigenvalue weighted by Crippen LogP contribution is 2.13. The van der Waals surface area contributed by atoms with E-state index >= 15 is 0 Å². The third-order valence-electron chi connectivity index (χ3n) is 4.88. The summed E-state index contributed by atoms with van der Waals surface area (Å²) in [5.41, 5.74) is 0.854. The van der Waals surface area contributed by atoms with E-state index in [-0.39, 0.29) is 35.4 Å². The van der Waals surface area contributed by atoms with Crippen LogP contribution in [0.25, 0.3) is 0 Å².